The van der Waals surface area contributed by atoms with Crippen LogP contribution in [-0.4, -0.2) is 16.5 Å². The van der Waals surface area contributed by atoms with Gasteiger partial charge in [-0.2, -0.15) is 0 Å². The lowest BCUT2D eigenvalue weighted by atomic mass is 9.99. The highest BCUT2D eigenvalue weighted by Gasteiger charge is 2.19. The minimum atomic E-state index is 0.846. The van der Waals surface area contributed by atoms with Crippen LogP contribution in [0, 0.1) is 13.8 Å². The summed E-state index contributed by atoms with van der Waals surface area (Å²) in [7, 11) is 0. The average Bonchev–Trinajstić information content (AvgIpc) is 3.08. The van der Waals surface area contributed by atoms with Crippen molar-refractivity contribution >= 4 is 33.1 Å². The topological polar surface area (TPSA) is 29.0 Å². The molecule has 0 saturated heterocycles. The van der Waals surface area contributed by atoms with Crippen LogP contribution in [-0.2, 0) is 0 Å². The number of hydrogen-bond donors (Lipinski definition) is 0. The van der Waals surface area contributed by atoms with Crippen LogP contribution in [0.2, 0.25) is 0 Å². The second kappa shape index (κ2) is 6.89. The molecule has 4 rings (SSSR count). The summed E-state index contributed by atoms with van der Waals surface area (Å²) in [6.07, 6.45) is 1.67. The molecule has 0 amide bonds. The number of benzene rings is 2. The highest BCUT2D eigenvalue weighted by Crippen LogP contribution is 2.40. The van der Waals surface area contributed by atoms with Crippen molar-refractivity contribution in [2.75, 3.05) is 11.4 Å². The third-order valence-electron chi connectivity index (χ3n) is 4.66. The number of aromatic nitrogens is 2. The summed E-state index contributed by atoms with van der Waals surface area (Å²) in [4.78, 5) is 12.5. The number of fused-ring (bicyclic) bond motifs is 1. The van der Waals surface area contributed by atoms with Gasteiger partial charge in [-0.3, -0.25) is 0 Å². The van der Waals surface area contributed by atoms with E-state index in [4.69, 9.17) is 0 Å². The van der Waals surface area contributed by atoms with E-state index < -0.39 is 0 Å². The zero-order valence-electron chi connectivity index (χ0n) is 15.2. The fourth-order valence-electron chi connectivity index (χ4n) is 3.44. The normalized spacial score (nSPS) is 11.0. The van der Waals surface area contributed by atoms with Crippen LogP contribution in [0.4, 0.5) is 11.5 Å². The van der Waals surface area contributed by atoms with Gasteiger partial charge in [-0.1, -0.05) is 42.0 Å². The summed E-state index contributed by atoms with van der Waals surface area (Å²) in [6.45, 7) is 7.30. The second-order valence-electron chi connectivity index (χ2n) is 6.42. The maximum absolute atomic E-state index is 4.68. The Morgan fingerprint density at radius 1 is 0.962 bits per heavy atom. The number of nitrogens with zero attached hydrogens (tertiary/aromatic N) is 3. The van der Waals surface area contributed by atoms with E-state index in [2.05, 4.69) is 83.5 Å². The third kappa shape index (κ3) is 2.86. The molecule has 26 heavy (non-hydrogen) atoms. The Balaban J connectivity index is 1.95. The molecule has 0 atom stereocenters. The van der Waals surface area contributed by atoms with Crippen LogP contribution in [0.1, 0.15) is 18.1 Å². The molecule has 4 aromatic rings. The van der Waals surface area contributed by atoms with E-state index in [9.17, 15) is 0 Å². The maximum atomic E-state index is 4.68. The molecule has 2 aromatic heterocycles. The highest BCUT2D eigenvalue weighted by atomic mass is 32.1. The van der Waals surface area contributed by atoms with Crippen LogP contribution >= 0.6 is 11.3 Å². The quantitative estimate of drug-likeness (QED) is 0.439. The molecule has 0 unspecified atom stereocenters. The molecule has 0 aliphatic carbocycles. The molecule has 0 aliphatic heterocycles. The van der Waals surface area contributed by atoms with Gasteiger partial charge in [-0.05, 0) is 44.0 Å². The highest BCUT2D eigenvalue weighted by molar-refractivity contribution is 7.17. The fraction of sp³-hybridized carbons (Fsp3) is 0.182. The molecular weight excluding hydrogens is 338 g/mol. The first-order valence-electron chi connectivity index (χ1n) is 8.81. The lowest BCUT2D eigenvalue weighted by molar-refractivity contribution is 0.991. The molecule has 2 heterocycles. The predicted octanol–water partition coefficient (Wildman–Crippen LogP) is 6.13. The Morgan fingerprint density at radius 3 is 2.50 bits per heavy atom. The van der Waals surface area contributed by atoms with Crippen molar-refractivity contribution in [3.05, 3.63) is 71.4 Å². The molecule has 130 valence electrons. The van der Waals surface area contributed by atoms with E-state index in [-0.39, 0.29) is 0 Å². The molecular formula is C22H21N3S. The molecule has 3 nitrogen and oxygen atoms in total. The Hall–Kier alpha value is -2.72. The Labute approximate surface area is 158 Å². The van der Waals surface area contributed by atoms with Crippen molar-refractivity contribution < 1.29 is 0 Å². The van der Waals surface area contributed by atoms with Gasteiger partial charge in [0.25, 0.3) is 0 Å². The number of rotatable bonds is 4. The first-order chi connectivity index (χ1) is 12.7. The Kier molecular flexibility index (Phi) is 4.43. The Morgan fingerprint density at radius 2 is 1.77 bits per heavy atom. The fourth-order valence-corrected chi connectivity index (χ4v) is 4.34. The predicted molar refractivity (Wildman–Crippen MR) is 111 cm³/mol. The largest absolute Gasteiger partial charge is 0.326 e. The van der Waals surface area contributed by atoms with Crippen molar-refractivity contribution in [2.45, 2.75) is 20.8 Å². The van der Waals surface area contributed by atoms with E-state index >= 15 is 0 Å². The third-order valence-corrected chi connectivity index (χ3v) is 5.55. The minimum absolute atomic E-state index is 0.846. The Bertz CT molecular complexity index is 1050. The van der Waals surface area contributed by atoms with E-state index in [1.54, 1.807) is 17.7 Å². The van der Waals surface area contributed by atoms with Gasteiger partial charge in [0.15, 0.2) is 0 Å². The molecule has 0 radical (unpaired) electrons. The van der Waals surface area contributed by atoms with Gasteiger partial charge >= 0.3 is 0 Å². The second-order valence-corrected chi connectivity index (χ2v) is 7.28. The van der Waals surface area contributed by atoms with Crippen LogP contribution in [0.15, 0.2) is 60.2 Å². The van der Waals surface area contributed by atoms with E-state index in [1.165, 1.54) is 22.3 Å². The first-order valence-corrected chi connectivity index (χ1v) is 9.69. The molecule has 2 aromatic carbocycles. The van der Waals surface area contributed by atoms with Gasteiger partial charge in [-0.15, -0.1) is 11.3 Å². The van der Waals surface area contributed by atoms with Crippen LogP contribution in [0.3, 0.4) is 0 Å². The summed E-state index contributed by atoms with van der Waals surface area (Å²) in [5.41, 5.74) is 6.17. The average molecular weight is 359 g/mol. The number of thiophene rings is 1. The zero-order chi connectivity index (χ0) is 18.1. The summed E-state index contributed by atoms with van der Waals surface area (Å²) in [5, 5.41) is 3.34. The molecule has 0 spiro atoms. The lowest BCUT2D eigenvalue weighted by Gasteiger charge is -2.23. The summed E-state index contributed by atoms with van der Waals surface area (Å²) in [5.74, 6) is 0.972. The number of hydrogen-bond acceptors (Lipinski definition) is 4. The van der Waals surface area contributed by atoms with Crippen LogP contribution in [0.5, 0.6) is 0 Å². The van der Waals surface area contributed by atoms with E-state index in [0.29, 0.717) is 0 Å². The van der Waals surface area contributed by atoms with Crippen molar-refractivity contribution in [3.63, 3.8) is 0 Å². The van der Waals surface area contributed by atoms with Gasteiger partial charge in [-0.25, -0.2) is 9.97 Å². The van der Waals surface area contributed by atoms with E-state index in [0.717, 1.165) is 28.3 Å². The van der Waals surface area contributed by atoms with Crippen LogP contribution in [0.25, 0.3) is 21.3 Å². The SMILES string of the molecule is CCN(c1ccccc1)c1ncnc2scc(-c3ccc(C)cc3C)c12. The minimum Gasteiger partial charge on any atom is -0.326 e. The van der Waals surface area contributed by atoms with Gasteiger partial charge in [0.1, 0.15) is 17.0 Å². The molecule has 4 heteroatoms. The summed E-state index contributed by atoms with van der Waals surface area (Å²) in [6, 6.07) is 17.0. The number of aryl methyl sites for hydroxylation is 2. The van der Waals surface area contributed by atoms with Crippen LogP contribution < -0.4 is 4.90 Å². The molecule has 0 fully saturated rings. The van der Waals surface area contributed by atoms with Crippen molar-refractivity contribution in [3.8, 4) is 11.1 Å². The summed E-state index contributed by atoms with van der Waals surface area (Å²) >= 11 is 1.68. The van der Waals surface area contributed by atoms with Crippen molar-refractivity contribution in [1.82, 2.24) is 9.97 Å². The molecule has 0 saturated carbocycles. The molecule has 0 aliphatic rings. The number of para-hydroxylation sites is 1. The monoisotopic (exact) mass is 359 g/mol. The zero-order valence-corrected chi connectivity index (χ0v) is 16.0. The smallest absolute Gasteiger partial charge is 0.145 e. The maximum Gasteiger partial charge on any atom is 0.145 e. The van der Waals surface area contributed by atoms with Gasteiger partial charge < -0.3 is 4.90 Å². The number of anilines is 2. The molecule has 0 bridgehead atoms. The van der Waals surface area contributed by atoms with Gasteiger partial charge in [0.2, 0.25) is 0 Å². The van der Waals surface area contributed by atoms with Gasteiger partial charge in [0.05, 0.1) is 5.39 Å². The first kappa shape index (κ1) is 16.7. The molecule has 0 N–H and O–H groups in total. The van der Waals surface area contributed by atoms with E-state index in [1.807, 2.05) is 6.07 Å². The van der Waals surface area contributed by atoms with Gasteiger partial charge in [0, 0.05) is 23.2 Å². The summed E-state index contributed by atoms with van der Waals surface area (Å²) < 4.78 is 0. The lowest BCUT2D eigenvalue weighted by Crippen LogP contribution is -2.17. The standard InChI is InChI=1S/C22H21N3S/c1-4-25(17-8-6-5-7-9-17)21-20-19(13-26-22(20)24-14-23-21)18-11-10-15(2)12-16(18)3/h5-14H,4H2,1-3H3. The van der Waals surface area contributed by atoms with Crippen molar-refractivity contribution in [1.29, 1.82) is 0 Å². The van der Waals surface area contributed by atoms with Crippen molar-refractivity contribution in [2.24, 2.45) is 0 Å².